The molecule has 110 heavy (non-hydrogen) atoms. The van der Waals surface area contributed by atoms with Crippen molar-refractivity contribution >= 4 is 75.5 Å². The number of rotatable bonds is 20. The number of amides is 2. The van der Waals surface area contributed by atoms with Crippen LogP contribution in [-0.4, -0.2) is 174 Å². The fraction of sp³-hybridized carbons (Fsp3) is 0.266. The Balaban J connectivity index is 0.000000146. The fourth-order valence-corrected chi connectivity index (χ4v) is 12.1. The number of nitrogens with zero attached hydrogens (tertiary/aromatic N) is 12. The number of morpholine rings is 3. The molecule has 5 aromatic carbocycles. The first-order valence-electron chi connectivity index (χ1n) is 34.9. The summed E-state index contributed by atoms with van der Waals surface area (Å²) < 4.78 is 100. The molecule has 0 bridgehead atoms. The molecule has 0 spiro atoms. The first-order valence-corrected chi connectivity index (χ1v) is 35.2. The second-order valence-corrected chi connectivity index (χ2v) is 25.0. The number of benzene rings is 5. The Morgan fingerprint density at radius 1 is 0.636 bits per heavy atom. The number of hydrogen-bond acceptors (Lipinski definition) is 23. The number of hydrogen-bond donors (Lipinski definition) is 4. The molecule has 4 aliphatic rings. The standard InChI is InChI=1S/C25H19FN2O2.C19H21F4N5O3.C18H16N4O.C17H20ClN5O3/c26-25-15-21(10-12-28-25)20-8-9-24(30-17-18-5-2-1-3-6-18)22(14-20)23(29)13-19-7-4-11-27-16-19;1-3-24-16-12(19(21,22)23)10-25-18(27-16)26-14-9-13(20)11(8-15(14)30-2)17(29)28-4-6-31-7-5-28;19-11-13-2-1-3-14(10-13)15-4-5-16-17(15)18(21-12-20-16)22-6-8-23-9-7-22;1-19-15-12(18)10-20-17(22-15)21-13-4-3-11(9-14(13)25-2)16(24)23-5-7-26-8-6-23/h1-12,14-16H,13,17H2;8-10H,3-7H2,1-2H3,(H2,24,25,26,27);1-4,10,12H,5-9H2;3-4,9-10H,5-8H2,1-2H3,(H2,19,20,21,22). The molecule has 25 nitrogen and oxygen atoms in total. The fourth-order valence-electron chi connectivity index (χ4n) is 11.9. The van der Waals surface area contributed by atoms with Gasteiger partial charge in [-0.1, -0.05) is 72.3 Å². The molecule has 0 unspecified atom stereocenters. The first kappa shape index (κ1) is 78.8. The Morgan fingerprint density at radius 3 is 1.98 bits per heavy atom. The summed E-state index contributed by atoms with van der Waals surface area (Å²) >= 11 is 6.00. The van der Waals surface area contributed by atoms with Crippen LogP contribution in [0.2, 0.25) is 5.02 Å². The molecule has 0 saturated carbocycles. The zero-order chi connectivity index (χ0) is 77.5. The van der Waals surface area contributed by atoms with Crippen LogP contribution in [0.25, 0.3) is 16.7 Å². The summed E-state index contributed by atoms with van der Waals surface area (Å²) in [7, 11) is 4.59. The number of methoxy groups -OCH3 is 2. The van der Waals surface area contributed by atoms with E-state index in [1.54, 1.807) is 87.2 Å². The van der Waals surface area contributed by atoms with Crippen LogP contribution in [-0.2, 0) is 39.8 Å². The van der Waals surface area contributed by atoms with Crippen LogP contribution in [0.1, 0.15) is 77.1 Å². The van der Waals surface area contributed by atoms with Gasteiger partial charge in [0, 0.05) is 114 Å². The SMILES string of the molecule is CCNc1nc(Nc2cc(F)c(C(=O)N3CCOCC3)cc2OC)ncc1C(F)(F)F.CNc1nc(Nc2ccc(C(=O)N3CCOCC3)cc2OC)ncc1Cl.N#Cc1cccc(C2=CCc3ncnc(N4CCOCC4)c32)c1.O=C(Cc1cccnc1)c1cc(-c2ccnc(F)c2)ccc1OCc1ccccc1. The maximum Gasteiger partial charge on any atom is 0.421 e. The minimum absolute atomic E-state index is 0.0432. The van der Waals surface area contributed by atoms with E-state index >= 15 is 0 Å². The van der Waals surface area contributed by atoms with Gasteiger partial charge in [0.15, 0.2) is 5.78 Å². The topological polar surface area (TPSA) is 291 Å². The Hall–Kier alpha value is -12.3. The molecular formula is C79H76ClF5N16O9. The molecule has 568 valence electrons. The van der Waals surface area contributed by atoms with Crippen molar-refractivity contribution in [3.05, 3.63) is 243 Å². The van der Waals surface area contributed by atoms with Crippen LogP contribution in [0.4, 0.5) is 62.7 Å². The van der Waals surface area contributed by atoms with Crippen LogP contribution in [0.5, 0.6) is 17.2 Å². The second kappa shape index (κ2) is 38.0. The van der Waals surface area contributed by atoms with Gasteiger partial charge in [-0.3, -0.25) is 19.4 Å². The summed E-state index contributed by atoms with van der Waals surface area (Å²) in [4.78, 5) is 76.4. The summed E-state index contributed by atoms with van der Waals surface area (Å²) in [6.45, 7) is 9.01. The molecule has 1 aliphatic carbocycles. The molecule has 3 fully saturated rings. The predicted octanol–water partition coefficient (Wildman–Crippen LogP) is 13.1. The monoisotopic (exact) mass is 1520 g/mol. The smallest absolute Gasteiger partial charge is 0.421 e. The average Bonchev–Trinajstić information content (AvgIpc) is 1.56. The Kier molecular flexibility index (Phi) is 27.2. The highest BCUT2D eigenvalue weighted by Gasteiger charge is 2.36. The highest BCUT2D eigenvalue weighted by Crippen LogP contribution is 2.40. The Morgan fingerprint density at radius 2 is 1.31 bits per heavy atom. The quantitative estimate of drug-likeness (QED) is 0.0313. The van der Waals surface area contributed by atoms with E-state index in [2.05, 4.69) is 78.2 Å². The molecular weight excluding hydrogens is 1450 g/mol. The summed E-state index contributed by atoms with van der Waals surface area (Å²) in [5.74, 6) is 0.326. The normalized spacial score (nSPS) is 13.7. The molecule has 2 amide bonds. The molecule has 5 aromatic heterocycles. The Labute approximate surface area is 635 Å². The number of ketones is 1. The number of carbonyl (C=O) groups excluding carboxylic acids is 3. The summed E-state index contributed by atoms with van der Waals surface area (Å²) in [6.07, 6.45) is 7.07. The van der Waals surface area contributed by atoms with Crippen molar-refractivity contribution in [1.82, 2.24) is 49.7 Å². The van der Waals surface area contributed by atoms with E-state index in [-0.39, 0.29) is 47.6 Å². The number of nitriles is 1. The third-order valence-electron chi connectivity index (χ3n) is 17.4. The number of pyridine rings is 2. The van der Waals surface area contributed by atoms with Crippen LogP contribution in [0.15, 0.2) is 171 Å². The third kappa shape index (κ3) is 20.5. The lowest BCUT2D eigenvalue weighted by Crippen LogP contribution is -2.41. The average molecular weight is 1520 g/mol. The summed E-state index contributed by atoms with van der Waals surface area (Å²) in [5.41, 5.74) is 8.68. The van der Waals surface area contributed by atoms with Crippen molar-refractivity contribution in [3.8, 4) is 34.4 Å². The van der Waals surface area contributed by atoms with Crippen LogP contribution in [0.3, 0.4) is 0 Å². The van der Waals surface area contributed by atoms with Gasteiger partial charge in [-0.15, -0.1) is 0 Å². The summed E-state index contributed by atoms with van der Waals surface area (Å²) in [6, 6.07) is 39.1. The molecule has 4 N–H and O–H groups in total. The lowest BCUT2D eigenvalue weighted by atomic mass is 9.98. The van der Waals surface area contributed by atoms with Gasteiger partial charge in [0.2, 0.25) is 17.8 Å². The van der Waals surface area contributed by atoms with E-state index in [1.165, 1.54) is 36.5 Å². The van der Waals surface area contributed by atoms with E-state index in [0.717, 1.165) is 83.7 Å². The molecule has 8 heterocycles. The highest BCUT2D eigenvalue weighted by molar-refractivity contribution is 6.32. The molecule has 10 aromatic rings. The number of allylic oxidation sites excluding steroid dienone is 1. The van der Waals surface area contributed by atoms with Gasteiger partial charge < -0.3 is 64.4 Å². The van der Waals surface area contributed by atoms with Gasteiger partial charge in [-0.05, 0) is 101 Å². The number of ether oxygens (including phenoxy) is 6. The molecule has 3 aliphatic heterocycles. The van der Waals surface area contributed by atoms with Crippen LogP contribution >= 0.6 is 11.6 Å². The third-order valence-corrected chi connectivity index (χ3v) is 17.7. The van der Waals surface area contributed by atoms with E-state index in [1.807, 2.05) is 66.7 Å². The lowest BCUT2D eigenvalue weighted by molar-refractivity contribution is -0.137. The van der Waals surface area contributed by atoms with Crippen molar-refractivity contribution < 1.29 is 64.8 Å². The van der Waals surface area contributed by atoms with Crippen molar-refractivity contribution in [2.45, 2.75) is 32.5 Å². The number of aromatic nitrogens is 8. The predicted molar refractivity (Wildman–Crippen MR) is 403 cm³/mol. The Bertz CT molecular complexity index is 4930. The molecule has 3 saturated heterocycles. The molecule has 31 heteroatoms. The number of alkyl halides is 3. The highest BCUT2D eigenvalue weighted by atomic mass is 35.5. The van der Waals surface area contributed by atoms with Crippen LogP contribution < -0.4 is 40.4 Å². The van der Waals surface area contributed by atoms with Gasteiger partial charge in [0.25, 0.3) is 11.8 Å². The van der Waals surface area contributed by atoms with Crippen LogP contribution in [0, 0.1) is 23.1 Å². The van der Waals surface area contributed by atoms with E-state index < -0.39 is 35.2 Å². The van der Waals surface area contributed by atoms with Gasteiger partial charge >= 0.3 is 6.18 Å². The van der Waals surface area contributed by atoms with E-state index in [4.69, 9.17) is 45.3 Å². The lowest BCUT2D eigenvalue weighted by Gasteiger charge is -2.29. The molecule has 0 radical (unpaired) electrons. The number of fused-ring (bicyclic) bond motifs is 1. The minimum Gasteiger partial charge on any atom is -0.495 e. The van der Waals surface area contributed by atoms with E-state index in [0.29, 0.717) is 122 Å². The van der Waals surface area contributed by atoms with Crippen molar-refractivity contribution in [2.24, 2.45) is 0 Å². The number of Topliss-reactive ketones (excluding diaryl/α,β-unsaturated/α-hetero) is 1. The van der Waals surface area contributed by atoms with Crippen molar-refractivity contribution in [1.29, 1.82) is 5.26 Å². The van der Waals surface area contributed by atoms with Crippen molar-refractivity contribution in [2.75, 3.05) is 133 Å². The van der Waals surface area contributed by atoms with Gasteiger partial charge in [0.1, 0.15) is 64.0 Å². The number of halogens is 6. The van der Waals surface area contributed by atoms with Gasteiger partial charge in [0.05, 0.1) is 99.9 Å². The molecule has 0 atom stereocenters. The van der Waals surface area contributed by atoms with E-state index in [9.17, 15) is 36.3 Å². The minimum atomic E-state index is -4.64. The number of carbonyl (C=O) groups is 3. The first-order chi connectivity index (χ1) is 53.4. The number of anilines is 7. The molecule has 14 rings (SSSR count). The second-order valence-electron chi connectivity index (χ2n) is 24.6. The van der Waals surface area contributed by atoms with Gasteiger partial charge in [-0.2, -0.15) is 32.8 Å². The maximum atomic E-state index is 14.7. The zero-order valence-electron chi connectivity index (χ0n) is 60.3. The zero-order valence-corrected chi connectivity index (χ0v) is 61.0. The maximum absolute atomic E-state index is 14.7. The summed E-state index contributed by atoms with van der Waals surface area (Å²) in [5, 5.41) is 20.7. The largest absolute Gasteiger partial charge is 0.495 e. The van der Waals surface area contributed by atoms with Gasteiger partial charge in [-0.25, -0.2) is 29.3 Å². The number of nitrogens with one attached hydrogen (secondary N) is 4. The van der Waals surface area contributed by atoms with Crippen molar-refractivity contribution in [3.63, 3.8) is 0 Å².